The predicted octanol–water partition coefficient (Wildman–Crippen LogP) is 1.83. The van der Waals surface area contributed by atoms with Crippen LogP contribution in [0.1, 0.15) is 39.0 Å². The molecule has 0 aromatic rings. The zero-order chi connectivity index (χ0) is 11.1. The van der Waals surface area contributed by atoms with Crippen LogP contribution < -0.4 is 0 Å². The van der Waals surface area contributed by atoms with E-state index >= 15 is 0 Å². The van der Waals surface area contributed by atoms with Gasteiger partial charge in [0.2, 0.25) is 0 Å². The van der Waals surface area contributed by atoms with Crippen LogP contribution >= 0.6 is 0 Å². The third-order valence-corrected chi connectivity index (χ3v) is 2.61. The van der Waals surface area contributed by atoms with Gasteiger partial charge in [-0.15, -0.1) is 0 Å². The molecule has 0 radical (unpaired) electrons. The Labute approximate surface area is 90.6 Å². The first-order valence-electron chi connectivity index (χ1n) is 5.63. The van der Waals surface area contributed by atoms with Crippen LogP contribution in [0.3, 0.4) is 0 Å². The fourth-order valence-corrected chi connectivity index (χ4v) is 1.62. The number of hydrogen-bond acceptors (Lipinski definition) is 3. The molecule has 1 heterocycles. The molecule has 0 aliphatic carbocycles. The van der Waals surface area contributed by atoms with E-state index in [1.807, 2.05) is 6.92 Å². The molecule has 0 bridgehead atoms. The molecule has 88 valence electrons. The molecule has 0 aromatic heterocycles. The number of hydrogen-bond donors (Lipinski definition) is 1. The van der Waals surface area contributed by atoms with Gasteiger partial charge in [0.15, 0.2) is 0 Å². The van der Waals surface area contributed by atoms with Crippen molar-refractivity contribution in [1.29, 1.82) is 0 Å². The highest BCUT2D eigenvalue weighted by Gasteiger charge is 2.15. The lowest BCUT2D eigenvalue weighted by Gasteiger charge is -2.24. The summed E-state index contributed by atoms with van der Waals surface area (Å²) in [6, 6.07) is 0. The molecule has 1 aliphatic rings. The second-order valence-corrected chi connectivity index (χ2v) is 4.06. The Balaban J connectivity index is 2.04. The monoisotopic (exact) mass is 216 g/mol. The molecule has 4 heteroatoms. The van der Waals surface area contributed by atoms with Gasteiger partial charge >= 0.3 is 5.97 Å². The fourth-order valence-electron chi connectivity index (χ4n) is 1.62. The first-order chi connectivity index (χ1) is 7.18. The summed E-state index contributed by atoms with van der Waals surface area (Å²) < 4.78 is 11.1. The highest BCUT2D eigenvalue weighted by atomic mass is 16.5. The normalized spacial score (nSPS) is 23.7. The quantitative estimate of drug-likeness (QED) is 0.736. The van der Waals surface area contributed by atoms with Crippen molar-refractivity contribution in [2.75, 3.05) is 13.2 Å². The Hall–Kier alpha value is -0.610. The second-order valence-electron chi connectivity index (χ2n) is 4.06. The summed E-state index contributed by atoms with van der Waals surface area (Å²) in [5.74, 6) is -0.764. The van der Waals surface area contributed by atoms with Crippen LogP contribution in [0.4, 0.5) is 0 Å². The van der Waals surface area contributed by atoms with E-state index in [1.54, 1.807) is 0 Å². The zero-order valence-electron chi connectivity index (χ0n) is 9.28. The molecular formula is C11H20O4. The molecule has 1 aliphatic heterocycles. The van der Waals surface area contributed by atoms with Crippen molar-refractivity contribution >= 4 is 5.97 Å². The number of aliphatic carboxylic acids is 1. The number of rotatable bonds is 6. The molecule has 4 nitrogen and oxygen atoms in total. The maximum absolute atomic E-state index is 10.3. The van der Waals surface area contributed by atoms with Gasteiger partial charge in [-0.1, -0.05) is 0 Å². The summed E-state index contributed by atoms with van der Waals surface area (Å²) in [7, 11) is 0. The van der Waals surface area contributed by atoms with E-state index in [1.165, 1.54) is 6.42 Å². The maximum Gasteiger partial charge on any atom is 0.303 e. The molecule has 0 amide bonds. The Morgan fingerprint density at radius 3 is 3.00 bits per heavy atom. The molecule has 0 aromatic carbocycles. The van der Waals surface area contributed by atoms with Crippen molar-refractivity contribution in [1.82, 2.24) is 0 Å². The Kier molecular flexibility index (Phi) is 5.65. The minimum Gasteiger partial charge on any atom is -0.481 e. The molecule has 1 saturated heterocycles. The van der Waals surface area contributed by atoms with Crippen LogP contribution in [0.2, 0.25) is 0 Å². The van der Waals surface area contributed by atoms with Gasteiger partial charge in [0.05, 0.1) is 18.8 Å². The summed E-state index contributed by atoms with van der Waals surface area (Å²) in [6.07, 6.45) is 4.38. The van der Waals surface area contributed by atoms with E-state index in [9.17, 15) is 4.79 Å². The minimum atomic E-state index is -0.764. The third-order valence-electron chi connectivity index (χ3n) is 2.61. The van der Waals surface area contributed by atoms with Gasteiger partial charge in [-0.25, -0.2) is 0 Å². The van der Waals surface area contributed by atoms with Crippen molar-refractivity contribution in [3.8, 4) is 0 Å². The van der Waals surface area contributed by atoms with Crippen LogP contribution in [-0.2, 0) is 14.3 Å². The van der Waals surface area contributed by atoms with E-state index in [2.05, 4.69) is 0 Å². The van der Waals surface area contributed by atoms with Crippen LogP contribution in [0.25, 0.3) is 0 Å². The average Bonchev–Trinajstić information content (AvgIpc) is 2.25. The average molecular weight is 216 g/mol. The van der Waals surface area contributed by atoms with Gasteiger partial charge in [-0.3, -0.25) is 4.79 Å². The maximum atomic E-state index is 10.3. The molecule has 1 fully saturated rings. The summed E-state index contributed by atoms with van der Waals surface area (Å²) >= 11 is 0. The second kappa shape index (κ2) is 6.80. The summed E-state index contributed by atoms with van der Waals surface area (Å²) in [4.78, 5) is 10.3. The van der Waals surface area contributed by atoms with E-state index in [-0.39, 0.29) is 18.6 Å². The van der Waals surface area contributed by atoms with Crippen molar-refractivity contribution in [2.24, 2.45) is 0 Å². The molecule has 2 unspecified atom stereocenters. The lowest BCUT2D eigenvalue weighted by molar-refractivity contribution is -0.138. The van der Waals surface area contributed by atoms with E-state index in [4.69, 9.17) is 14.6 Å². The van der Waals surface area contributed by atoms with Gasteiger partial charge in [0, 0.05) is 13.0 Å². The van der Waals surface area contributed by atoms with Crippen molar-refractivity contribution in [3.05, 3.63) is 0 Å². The molecule has 0 spiro atoms. The Bertz CT molecular complexity index is 187. The van der Waals surface area contributed by atoms with Crippen LogP contribution in [0, 0.1) is 0 Å². The van der Waals surface area contributed by atoms with Crippen molar-refractivity contribution < 1.29 is 19.4 Å². The van der Waals surface area contributed by atoms with Gasteiger partial charge in [-0.2, -0.15) is 0 Å². The van der Waals surface area contributed by atoms with Crippen molar-refractivity contribution in [3.63, 3.8) is 0 Å². The van der Waals surface area contributed by atoms with E-state index in [0.29, 0.717) is 13.0 Å². The van der Waals surface area contributed by atoms with Crippen LogP contribution in [0.5, 0.6) is 0 Å². The first-order valence-corrected chi connectivity index (χ1v) is 5.63. The standard InChI is InChI=1S/C11H20O4/c1-9(5-6-11(12)13)15-8-10-4-2-3-7-14-10/h9-10H,2-8H2,1H3,(H,12,13). The molecule has 0 saturated carbocycles. The summed E-state index contributed by atoms with van der Waals surface area (Å²) in [6.45, 7) is 3.34. The molecule has 2 atom stereocenters. The van der Waals surface area contributed by atoms with Gasteiger partial charge in [0.25, 0.3) is 0 Å². The van der Waals surface area contributed by atoms with Gasteiger partial charge < -0.3 is 14.6 Å². The Morgan fingerprint density at radius 2 is 2.40 bits per heavy atom. The Morgan fingerprint density at radius 1 is 1.60 bits per heavy atom. The molecule has 15 heavy (non-hydrogen) atoms. The SMILES string of the molecule is CC(CCC(=O)O)OCC1CCCCO1. The largest absolute Gasteiger partial charge is 0.481 e. The summed E-state index contributed by atoms with van der Waals surface area (Å²) in [5, 5.41) is 8.50. The molecule has 1 rings (SSSR count). The molecule has 1 N–H and O–H groups in total. The first kappa shape index (κ1) is 12.5. The third kappa shape index (κ3) is 5.74. The number of ether oxygens (including phenoxy) is 2. The predicted molar refractivity (Wildman–Crippen MR) is 55.9 cm³/mol. The minimum absolute atomic E-state index is 0.00614. The highest BCUT2D eigenvalue weighted by Crippen LogP contribution is 2.14. The van der Waals surface area contributed by atoms with Crippen LogP contribution in [-0.4, -0.2) is 36.5 Å². The van der Waals surface area contributed by atoms with E-state index < -0.39 is 5.97 Å². The van der Waals surface area contributed by atoms with Crippen molar-refractivity contribution in [2.45, 2.75) is 51.2 Å². The smallest absolute Gasteiger partial charge is 0.303 e. The fraction of sp³-hybridized carbons (Fsp3) is 0.909. The highest BCUT2D eigenvalue weighted by molar-refractivity contribution is 5.66. The lowest BCUT2D eigenvalue weighted by Crippen LogP contribution is -2.26. The zero-order valence-corrected chi connectivity index (χ0v) is 9.28. The number of carbonyl (C=O) groups is 1. The van der Waals surface area contributed by atoms with Gasteiger partial charge in [-0.05, 0) is 32.6 Å². The van der Waals surface area contributed by atoms with E-state index in [0.717, 1.165) is 19.4 Å². The summed E-state index contributed by atoms with van der Waals surface area (Å²) in [5.41, 5.74) is 0. The lowest BCUT2D eigenvalue weighted by atomic mass is 10.1. The number of carboxylic acids is 1. The number of carboxylic acid groups (broad SMARTS) is 1. The molecular weight excluding hydrogens is 196 g/mol. The van der Waals surface area contributed by atoms with Gasteiger partial charge in [0.1, 0.15) is 0 Å². The van der Waals surface area contributed by atoms with Crippen LogP contribution in [0.15, 0.2) is 0 Å². The topological polar surface area (TPSA) is 55.8 Å².